The number of nitrogens with two attached hydrogens (primary N) is 2. The number of nitrogens with one attached hydrogen (secondary N) is 6. The maximum atomic E-state index is 13.8. The van der Waals surface area contributed by atoms with Gasteiger partial charge in [-0.3, -0.25) is 38.5 Å². The van der Waals surface area contributed by atoms with Crippen molar-refractivity contribution in [2.75, 3.05) is 46.8 Å². The molecule has 2 heterocycles. The van der Waals surface area contributed by atoms with Crippen LogP contribution in [0, 0.1) is 0 Å². The van der Waals surface area contributed by atoms with Crippen molar-refractivity contribution in [2.45, 2.75) is 54.2 Å². The second-order valence-corrected chi connectivity index (χ2v) is 15.3. The molecule has 64 heavy (non-hydrogen) atoms. The number of primary amides is 1. The number of hydrogen-bond donors (Lipinski definition) is 9. The van der Waals surface area contributed by atoms with Crippen molar-refractivity contribution >= 4 is 82.2 Å². The van der Waals surface area contributed by atoms with Gasteiger partial charge in [0.25, 0.3) is 5.91 Å². The molecule has 0 aliphatic heterocycles. The number of rotatable bonds is 22. The van der Waals surface area contributed by atoms with Gasteiger partial charge in [0, 0.05) is 61.4 Å². The average Bonchev–Trinajstić information content (AvgIpc) is 3.64. The van der Waals surface area contributed by atoms with Gasteiger partial charge < -0.3 is 53.4 Å². The summed E-state index contributed by atoms with van der Waals surface area (Å²) in [4.78, 5) is 107. The predicted molar refractivity (Wildman–Crippen MR) is 237 cm³/mol. The monoisotopic (exact) mass is 900 g/mol. The molecule has 22 heteroatoms. The van der Waals surface area contributed by atoms with E-state index in [4.69, 9.17) is 11.5 Å². The highest BCUT2D eigenvalue weighted by molar-refractivity contribution is 7.99. The van der Waals surface area contributed by atoms with Crippen LogP contribution in [-0.4, -0.2) is 137 Å². The van der Waals surface area contributed by atoms with Crippen LogP contribution in [0.5, 0.6) is 0 Å². The van der Waals surface area contributed by atoms with Crippen molar-refractivity contribution in [1.82, 2.24) is 51.6 Å². The molecule has 0 radical (unpaired) electrons. The fourth-order valence-electron chi connectivity index (χ4n) is 5.88. The zero-order valence-corrected chi connectivity index (χ0v) is 36.3. The summed E-state index contributed by atoms with van der Waals surface area (Å²) < 4.78 is 1.27. The third-order valence-electron chi connectivity index (χ3n) is 9.31. The van der Waals surface area contributed by atoms with Gasteiger partial charge in [-0.1, -0.05) is 30.0 Å². The van der Waals surface area contributed by atoms with Crippen molar-refractivity contribution in [3.8, 4) is 0 Å². The summed E-state index contributed by atoms with van der Waals surface area (Å²) in [6.45, 7) is 0.387. The standard InChI is InChI=1S/C42H52N12O9S/c1-25(55)38(41(62)50-31(17-18-43)39(44)60)51-37(59)24-49-35(57)16-15-34(56)48-23-36(58)47-20-21-53(3)42(63)54-32-22-27(64-33-10-5-4-9-29(33)40(61)45-2)12-13-28(32)30(52-54)14-11-26-8-6-7-19-46-26/h4-14,19,22,25,31,38,55H,15-18,20-21,23-24,43H2,1-3H3,(H2,44,60)(H,45,61)(H,47,58)(H,48,56)(H,49,57)(H,50,62)(H,51,59)/b14-11+/t25-,31+,38+/m1/s1. The van der Waals surface area contributed by atoms with Crippen molar-refractivity contribution in [2.24, 2.45) is 11.5 Å². The van der Waals surface area contributed by atoms with E-state index < -0.39 is 72.8 Å². The largest absolute Gasteiger partial charge is 0.391 e. The Balaban J connectivity index is 1.27. The number of hydrogen-bond acceptors (Lipinski definition) is 13. The molecule has 4 aromatic rings. The number of pyridine rings is 1. The van der Waals surface area contributed by atoms with Crippen molar-refractivity contribution in [1.29, 1.82) is 0 Å². The molecule has 4 rings (SSSR count). The lowest BCUT2D eigenvalue weighted by Gasteiger charge is -2.23. The van der Waals surface area contributed by atoms with E-state index in [0.29, 0.717) is 27.9 Å². The first-order chi connectivity index (χ1) is 30.6. The van der Waals surface area contributed by atoms with Crippen LogP contribution < -0.4 is 43.4 Å². The SMILES string of the molecule is CNC(=O)c1ccccc1Sc1ccc2c(/C=C/c3ccccn3)nn(C(=O)N(C)CCNC(=O)CNC(=O)CCC(=O)NCC(=O)N[C@H](C(=O)N[C@@H](CCN)C(N)=O)[C@@H](C)O)c2c1. The Hall–Kier alpha value is -7.17. The van der Waals surface area contributed by atoms with E-state index in [1.807, 2.05) is 42.5 Å². The van der Waals surface area contributed by atoms with Crippen LogP contribution in [0.1, 0.15) is 47.9 Å². The number of amides is 8. The fraction of sp³-hybridized carbons (Fsp3) is 0.333. The zero-order chi connectivity index (χ0) is 46.8. The minimum absolute atomic E-state index is 0.0292. The molecule has 0 aliphatic carbocycles. The first-order valence-corrected chi connectivity index (χ1v) is 20.9. The molecule has 8 amide bonds. The Morgan fingerprint density at radius 1 is 0.875 bits per heavy atom. The topological polar surface area (TPSA) is 315 Å². The van der Waals surface area contributed by atoms with Crippen molar-refractivity contribution < 1.29 is 43.5 Å². The summed E-state index contributed by atoms with van der Waals surface area (Å²) in [5, 5.41) is 29.9. The van der Waals surface area contributed by atoms with E-state index in [1.54, 1.807) is 50.6 Å². The van der Waals surface area contributed by atoms with E-state index in [2.05, 4.69) is 42.0 Å². The summed E-state index contributed by atoms with van der Waals surface area (Å²) in [6.07, 6.45) is 3.23. The fourth-order valence-corrected chi connectivity index (χ4v) is 6.86. The molecule has 3 atom stereocenters. The summed E-state index contributed by atoms with van der Waals surface area (Å²) in [5.74, 6) is -4.66. The Bertz CT molecular complexity index is 2360. The Morgan fingerprint density at radius 2 is 1.56 bits per heavy atom. The number of aliphatic hydroxyl groups excluding tert-OH is 1. The smallest absolute Gasteiger partial charge is 0.345 e. The lowest BCUT2D eigenvalue weighted by molar-refractivity contribution is -0.134. The van der Waals surface area contributed by atoms with E-state index in [-0.39, 0.29) is 44.8 Å². The summed E-state index contributed by atoms with van der Waals surface area (Å²) >= 11 is 1.36. The summed E-state index contributed by atoms with van der Waals surface area (Å²) in [5.41, 5.74) is 12.9. The van der Waals surface area contributed by atoms with Gasteiger partial charge in [-0.05, 0) is 74.5 Å². The van der Waals surface area contributed by atoms with E-state index in [0.717, 1.165) is 9.79 Å². The van der Waals surface area contributed by atoms with Crippen LogP contribution in [0.15, 0.2) is 76.7 Å². The highest BCUT2D eigenvalue weighted by Crippen LogP contribution is 2.33. The molecule has 11 N–H and O–H groups in total. The van der Waals surface area contributed by atoms with Crippen LogP contribution in [-0.2, 0) is 28.8 Å². The molecule has 0 unspecified atom stereocenters. The zero-order valence-electron chi connectivity index (χ0n) is 35.5. The molecule has 0 spiro atoms. The number of fused-ring (bicyclic) bond motifs is 1. The molecular weight excluding hydrogens is 849 g/mol. The normalized spacial score (nSPS) is 12.4. The van der Waals surface area contributed by atoms with Crippen LogP contribution in [0.25, 0.3) is 23.1 Å². The Kier molecular flexibility index (Phi) is 18.9. The highest BCUT2D eigenvalue weighted by Gasteiger charge is 2.29. The molecule has 0 aliphatic rings. The van der Waals surface area contributed by atoms with Crippen molar-refractivity contribution in [3.05, 3.63) is 83.8 Å². The first-order valence-electron chi connectivity index (χ1n) is 20.0. The second kappa shape index (κ2) is 24.5. The molecule has 0 bridgehead atoms. The molecule has 0 saturated carbocycles. The maximum absolute atomic E-state index is 13.8. The second-order valence-electron chi connectivity index (χ2n) is 14.2. The lowest BCUT2D eigenvalue weighted by Crippen LogP contribution is -2.57. The van der Waals surface area contributed by atoms with Gasteiger partial charge in [-0.25, -0.2) is 4.79 Å². The third kappa shape index (κ3) is 14.7. The lowest BCUT2D eigenvalue weighted by atomic mass is 10.1. The van der Waals surface area contributed by atoms with Crippen LogP contribution in [0.4, 0.5) is 4.79 Å². The molecule has 340 valence electrons. The maximum Gasteiger partial charge on any atom is 0.345 e. The minimum Gasteiger partial charge on any atom is -0.391 e. The minimum atomic E-state index is -1.47. The quantitative estimate of drug-likeness (QED) is 0.0473. The Labute approximate surface area is 372 Å². The van der Waals surface area contributed by atoms with Gasteiger partial charge in [0.15, 0.2) is 0 Å². The predicted octanol–water partition coefficient (Wildman–Crippen LogP) is -0.674. The van der Waals surface area contributed by atoms with E-state index >= 15 is 0 Å². The molecule has 21 nitrogen and oxygen atoms in total. The first kappa shape index (κ1) is 49.5. The molecule has 0 saturated heterocycles. The Morgan fingerprint density at radius 3 is 2.20 bits per heavy atom. The van der Waals surface area contributed by atoms with Gasteiger partial charge in [0.1, 0.15) is 12.1 Å². The van der Waals surface area contributed by atoms with E-state index in [1.165, 1.54) is 28.3 Å². The highest BCUT2D eigenvalue weighted by atomic mass is 32.2. The number of aromatic nitrogens is 3. The van der Waals surface area contributed by atoms with Gasteiger partial charge >= 0.3 is 6.03 Å². The number of benzene rings is 2. The van der Waals surface area contributed by atoms with E-state index in [9.17, 15) is 43.5 Å². The average molecular weight is 901 g/mol. The molecular formula is C42H52N12O9S. The molecule has 2 aromatic heterocycles. The number of likely N-dealkylation sites (N-methyl/N-ethyl adjacent to an activating group) is 1. The van der Waals surface area contributed by atoms with Gasteiger partial charge in [-0.2, -0.15) is 9.78 Å². The number of aliphatic hydroxyl groups is 1. The third-order valence-corrected chi connectivity index (χ3v) is 10.4. The van der Waals surface area contributed by atoms with Gasteiger partial charge in [0.2, 0.25) is 35.4 Å². The van der Waals surface area contributed by atoms with Gasteiger partial charge in [-0.15, -0.1) is 0 Å². The number of nitrogens with zero attached hydrogens (tertiary/aromatic N) is 4. The summed E-state index contributed by atoms with van der Waals surface area (Å²) in [6, 6.07) is 15.1. The van der Waals surface area contributed by atoms with Crippen LogP contribution >= 0.6 is 11.8 Å². The summed E-state index contributed by atoms with van der Waals surface area (Å²) in [7, 11) is 3.11. The van der Waals surface area contributed by atoms with Crippen LogP contribution in [0.2, 0.25) is 0 Å². The van der Waals surface area contributed by atoms with Gasteiger partial charge in [0.05, 0.1) is 41.7 Å². The molecule has 0 fully saturated rings. The number of carbonyl (C=O) groups is 8. The van der Waals surface area contributed by atoms with Crippen molar-refractivity contribution in [3.63, 3.8) is 0 Å². The van der Waals surface area contributed by atoms with Crippen LogP contribution in [0.3, 0.4) is 0 Å². The number of carbonyl (C=O) groups excluding carboxylic acids is 8. The molecule has 2 aromatic carbocycles.